The van der Waals surface area contributed by atoms with Crippen LogP contribution in [0.1, 0.15) is 162 Å². The standard InChI is InChI=1S/C33H58F2N2O2/c1-3-5-7-9-11-13-15-17-19-21-23-30(34)32(38)36-28-25-26-29(27-28)37-33(39)31(35)24-22-20-18-16-14-12-10-8-6-4-2/h23-24,28-29H,3-22,25-27H2,1-2H3,(H,36,38)(H,37,39)/b30-23+,31-24+/t28-,29+. The lowest BCUT2D eigenvalue weighted by Crippen LogP contribution is -2.37. The molecule has 1 aliphatic carbocycles. The zero-order chi connectivity index (χ0) is 28.6. The van der Waals surface area contributed by atoms with E-state index in [1.54, 1.807) is 0 Å². The SMILES string of the molecule is CCCCCCCCCCC/C=C(/F)C(=O)N[C@@H]1CC[C@H](NC(=O)/C(F)=C\CCCCCCCCCCC)C1. The molecule has 39 heavy (non-hydrogen) atoms. The van der Waals surface area contributed by atoms with E-state index >= 15 is 0 Å². The summed E-state index contributed by atoms with van der Waals surface area (Å²) in [5.41, 5.74) is 0. The van der Waals surface area contributed by atoms with E-state index in [9.17, 15) is 18.4 Å². The van der Waals surface area contributed by atoms with Crippen molar-refractivity contribution in [3.8, 4) is 0 Å². The summed E-state index contributed by atoms with van der Waals surface area (Å²) in [6.07, 6.45) is 27.4. The van der Waals surface area contributed by atoms with Gasteiger partial charge < -0.3 is 10.6 Å². The molecule has 0 aromatic carbocycles. The molecular weight excluding hydrogens is 494 g/mol. The van der Waals surface area contributed by atoms with Gasteiger partial charge in [-0.15, -0.1) is 0 Å². The van der Waals surface area contributed by atoms with Crippen LogP contribution < -0.4 is 10.6 Å². The zero-order valence-electron chi connectivity index (χ0n) is 25.1. The predicted molar refractivity (Wildman–Crippen MR) is 160 cm³/mol. The number of nitrogens with one attached hydrogen (secondary N) is 2. The first-order valence-corrected chi connectivity index (χ1v) is 16.3. The van der Waals surface area contributed by atoms with E-state index < -0.39 is 23.5 Å². The lowest BCUT2D eigenvalue weighted by Gasteiger charge is -2.14. The number of unbranched alkanes of at least 4 members (excludes halogenated alkanes) is 18. The van der Waals surface area contributed by atoms with Crippen LogP contribution in [0.2, 0.25) is 0 Å². The zero-order valence-corrected chi connectivity index (χ0v) is 25.1. The second-order valence-corrected chi connectivity index (χ2v) is 11.5. The third kappa shape index (κ3) is 19.1. The summed E-state index contributed by atoms with van der Waals surface area (Å²) in [7, 11) is 0. The van der Waals surface area contributed by atoms with Gasteiger partial charge in [-0.1, -0.05) is 117 Å². The van der Waals surface area contributed by atoms with Gasteiger partial charge in [0.25, 0.3) is 11.8 Å². The Morgan fingerprint density at radius 2 is 0.872 bits per heavy atom. The lowest BCUT2D eigenvalue weighted by molar-refractivity contribution is -0.119. The maximum absolute atomic E-state index is 14.2. The van der Waals surface area contributed by atoms with Crippen molar-refractivity contribution in [2.45, 2.75) is 174 Å². The predicted octanol–water partition coefficient (Wildman–Crippen LogP) is 9.69. The van der Waals surface area contributed by atoms with Crippen LogP contribution >= 0.6 is 0 Å². The number of carbonyl (C=O) groups is 2. The lowest BCUT2D eigenvalue weighted by atomic mass is 10.1. The Bertz CT molecular complexity index is 650. The fourth-order valence-corrected chi connectivity index (χ4v) is 5.31. The van der Waals surface area contributed by atoms with Crippen LogP contribution in [0.5, 0.6) is 0 Å². The van der Waals surface area contributed by atoms with Crippen molar-refractivity contribution in [2.75, 3.05) is 0 Å². The van der Waals surface area contributed by atoms with Gasteiger partial charge in [-0.25, -0.2) is 8.78 Å². The van der Waals surface area contributed by atoms with Crippen molar-refractivity contribution >= 4 is 11.8 Å². The van der Waals surface area contributed by atoms with Crippen LogP contribution in [0.25, 0.3) is 0 Å². The van der Waals surface area contributed by atoms with Crippen molar-refractivity contribution in [3.05, 3.63) is 23.8 Å². The fourth-order valence-electron chi connectivity index (χ4n) is 5.31. The molecule has 0 unspecified atom stereocenters. The molecular formula is C33H58F2N2O2. The van der Waals surface area contributed by atoms with E-state index in [-0.39, 0.29) is 12.1 Å². The number of carbonyl (C=O) groups excluding carboxylic acids is 2. The second-order valence-electron chi connectivity index (χ2n) is 11.5. The molecule has 226 valence electrons. The molecule has 2 atom stereocenters. The van der Waals surface area contributed by atoms with E-state index in [2.05, 4.69) is 24.5 Å². The van der Waals surface area contributed by atoms with Crippen LogP contribution in [-0.4, -0.2) is 23.9 Å². The van der Waals surface area contributed by atoms with Gasteiger partial charge in [0.05, 0.1) is 0 Å². The van der Waals surface area contributed by atoms with E-state index in [0.29, 0.717) is 32.1 Å². The molecule has 2 amide bonds. The summed E-state index contributed by atoms with van der Waals surface area (Å²) in [5, 5.41) is 5.45. The Morgan fingerprint density at radius 3 is 1.21 bits per heavy atom. The van der Waals surface area contributed by atoms with Crippen molar-refractivity contribution in [3.63, 3.8) is 0 Å². The summed E-state index contributed by atoms with van der Waals surface area (Å²) >= 11 is 0. The largest absolute Gasteiger partial charge is 0.347 e. The Balaban J connectivity index is 2.13. The number of rotatable bonds is 24. The summed E-state index contributed by atoms with van der Waals surface area (Å²) in [5.74, 6) is -2.83. The minimum atomic E-state index is -0.729. The molecule has 1 rings (SSSR count). The summed E-state index contributed by atoms with van der Waals surface area (Å²) in [6, 6.07) is -0.410. The number of amides is 2. The van der Waals surface area contributed by atoms with Crippen LogP contribution in [-0.2, 0) is 9.59 Å². The molecule has 0 radical (unpaired) electrons. The van der Waals surface area contributed by atoms with Gasteiger partial charge in [-0.3, -0.25) is 9.59 Å². The van der Waals surface area contributed by atoms with Crippen LogP contribution in [0.3, 0.4) is 0 Å². The number of allylic oxidation sites excluding steroid dienone is 2. The fraction of sp³-hybridized carbons (Fsp3) is 0.818. The molecule has 0 bridgehead atoms. The van der Waals surface area contributed by atoms with E-state index in [4.69, 9.17) is 0 Å². The number of hydrogen-bond donors (Lipinski definition) is 2. The van der Waals surface area contributed by atoms with Crippen molar-refractivity contribution in [1.29, 1.82) is 0 Å². The highest BCUT2D eigenvalue weighted by atomic mass is 19.1. The van der Waals surface area contributed by atoms with Gasteiger partial charge in [-0.2, -0.15) is 0 Å². The van der Waals surface area contributed by atoms with Gasteiger partial charge in [0.2, 0.25) is 0 Å². The molecule has 1 aliphatic rings. The molecule has 0 aliphatic heterocycles. The first kappa shape index (κ1) is 35.3. The number of hydrogen-bond acceptors (Lipinski definition) is 2. The Morgan fingerprint density at radius 1 is 0.564 bits per heavy atom. The Labute approximate surface area is 238 Å². The van der Waals surface area contributed by atoms with Crippen molar-refractivity contribution < 1.29 is 18.4 Å². The quantitative estimate of drug-likeness (QED) is 0.0925. The molecule has 0 heterocycles. The van der Waals surface area contributed by atoms with Crippen LogP contribution in [0.15, 0.2) is 23.8 Å². The third-order valence-corrected chi connectivity index (χ3v) is 7.80. The van der Waals surface area contributed by atoms with Gasteiger partial charge in [-0.05, 0) is 57.1 Å². The van der Waals surface area contributed by atoms with Crippen LogP contribution in [0, 0.1) is 0 Å². The molecule has 2 N–H and O–H groups in total. The van der Waals surface area contributed by atoms with Gasteiger partial charge in [0, 0.05) is 12.1 Å². The van der Waals surface area contributed by atoms with Crippen molar-refractivity contribution in [2.24, 2.45) is 0 Å². The first-order valence-electron chi connectivity index (χ1n) is 16.3. The van der Waals surface area contributed by atoms with E-state index in [0.717, 1.165) is 38.5 Å². The smallest absolute Gasteiger partial charge is 0.279 e. The summed E-state index contributed by atoms with van der Waals surface area (Å²) in [6.45, 7) is 4.44. The highest BCUT2D eigenvalue weighted by Crippen LogP contribution is 2.21. The molecule has 0 aromatic rings. The van der Waals surface area contributed by atoms with E-state index in [1.807, 2.05) is 0 Å². The minimum absolute atomic E-state index is 0.205. The molecule has 1 fully saturated rings. The molecule has 4 nitrogen and oxygen atoms in total. The first-order chi connectivity index (χ1) is 19.0. The summed E-state index contributed by atoms with van der Waals surface area (Å²) in [4.78, 5) is 24.4. The Hall–Kier alpha value is -1.72. The Kier molecular flexibility index (Phi) is 21.8. The molecule has 1 saturated carbocycles. The van der Waals surface area contributed by atoms with E-state index in [1.165, 1.54) is 89.2 Å². The highest BCUT2D eigenvalue weighted by molar-refractivity contribution is 5.92. The average Bonchev–Trinajstić information content (AvgIpc) is 3.36. The normalized spacial score (nSPS) is 17.9. The van der Waals surface area contributed by atoms with Crippen molar-refractivity contribution in [1.82, 2.24) is 10.6 Å². The maximum atomic E-state index is 14.2. The van der Waals surface area contributed by atoms with Gasteiger partial charge in [0.1, 0.15) is 0 Å². The van der Waals surface area contributed by atoms with Gasteiger partial charge in [0.15, 0.2) is 11.7 Å². The third-order valence-electron chi connectivity index (χ3n) is 7.80. The monoisotopic (exact) mass is 552 g/mol. The molecule has 0 aromatic heterocycles. The second kappa shape index (κ2) is 24.1. The topological polar surface area (TPSA) is 58.2 Å². The molecule has 0 saturated heterocycles. The highest BCUT2D eigenvalue weighted by Gasteiger charge is 2.28. The van der Waals surface area contributed by atoms with Crippen LogP contribution in [0.4, 0.5) is 8.78 Å². The average molecular weight is 553 g/mol. The molecule has 0 spiro atoms. The molecule has 6 heteroatoms. The number of halogens is 2. The minimum Gasteiger partial charge on any atom is -0.347 e. The maximum Gasteiger partial charge on any atom is 0.279 e. The van der Waals surface area contributed by atoms with Gasteiger partial charge >= 0.3 is 0 Å². The summed E-state index contributed by atoms with van der Waals surface area (Å²) < 4.78 is 28.4.